The van der Waals surface area contributed by atoms with Crippen LogP contribution in [0.25, 0.3) is 0 Å². The molecule has 0 aliphatic rings. The minimum atomic E-state index is -0.0427. The van der Waals surface area contributed by atoms with Gasteiger partial charge in [-0.2, -0.15) is 0 Å². The molecule has 232 valence electrons. The third-order valence-electron chi connectivity index (χ3n) is 9.14. The number of ether oxygens (including phenoxy) is 2. The zero-order chi connectivity index (χ0) is 31.0. The summed E-state index contributed by atoms with van der Waals surface area (Å²) < 4.78 is 12.3. The maximum Gasteiger partial charge on any atom is 0.188 e. The van der Waals surface area contributed by atoms with Crippen molar-refractivity contribution < 1.29 is 9.47 Å². The van der Waals surface area contributed by atoms with E-state index in [4.69, 9.17) is 9.47 Å². The molecule has 2 rings (SSSR count). The fourth-order valence-corrected chi connectivity index (χ4v) is 7.95. The minimum Gasteiger partial charge on any atom is -0.467 e. The summed E-state index contributed by atoms with van der Waals surface area (Å²) in [5.74, 6) is 1.58. The van der Waals surface area contributed by atoms with E-state index >= 15 is 0 Å². The third-order valence-corrected chi connectivity index (χ3v) is 11.5. The maximum atomic E-state index is 6.70. The van der Waals surface area contributed by atoms with E-state index < -0.39 is 0 Å². The molecule has 1 N–H and O–H groups in total. The predicted octanol–water partition coefficient (Wildman–Crippen LogP) is 9.90. The lowest BCUT2D eigenvalue weighted by Gasteiger charge is -2.41. The van der Waals surface area contributed by atoms with Crippen molar-refractivity contribution in [1.29, 1.82) is 0 Å². The summed E-state index contributed by atoms with van der Waals surface area (Å²) in [6, 6.07) is 12.3. The highest BCUT2D eigenvalue weighted by Crippen LogP contribution is 2.55. The summed E-state index contributed by atoms with van der Waals surface area (Å²) in [6.45, 7) is 29.2. The van der Waals surface area contributed by atoms with E-state index in [1.807, 2.05) is 0 Å². The number of nitrogens with one attached hydrogen (secondary N) is 1. The molecular weight excluding hydrogens is 521 g/mol. The average molecular weight is 584 g/mol. The molecule has 0 saturated carbocycles. The number of aryl methyl sites for hydroxylation is 1. The van der Waals surface area contributed by atoms with Crippen molar-refractivity contribution in [3.63, 3.8) is 0 Å². The monoisotopic (exact) mass is 583 g/mol. The van der Waals surface area contributed by atoms with Crippen LogP contribution in [0.2, 0.25) is 0 Å². The molecule has 3 nitrogen and oxygen atoms in total. The van der Waals surface area contributed by atoms with Crippen LogP contribution in [0.5, 0.6) is 5.75 Å². The largest absolute Gasteiger partial charge is 0.467 e. The Morgan fingerprint density at radius 3 is 2.12 bits per heavy atom. The summed E-state index contributed by atoms with van der Waals surface area (Å²) in [7, 11) is 2.38. The molecule has 4 heteroatoms. The third kappa shape index (κ3) is 8.81. The molecule has 0 fully saturated rings. The zero-order valence-electron chi connectivity index (χ0n) is 28.8. The lowest BCUT2D eigenvalue weighted by atomic mass is 9.69. The molecule has 41 heavy (non-hydrogen) atoms. The van der Waals surface area contributed by atoms with Crippen molar-refractivity contribution >= 4 is 13.9 Å². The van der Waals surface area contributed by atoms with Crippen molar-refractivity contribution in [3.05, 3.63) is 58.1 Å². The molecule has 0 radical (unpaired) electrons. The molecule has 2 aromatic carbocycles. The van der Waals surface area contributed by atoms with Crippen LogP contribution in [0.15, 0.2) is 30.3 Å². The van der Waals surface area contributed by atoms with Gasteiger partial charge in [-0.15, -0.1) is 0 Å². The van der Waals surface area contributed by atoms with Crippen LogP contribution in [-0.2, 0) is 27.3 Å². The SMILES string of the molecule is CCCC(C)C(C)(C)c1cc(C(C)(C)C)cc(C(CC)(CCC)Pc2c(C)cccc2CNC(C)C)c1OCOC. The van der Waals surface area contributed by atoms with Crippen LogP contribution in [0.3, 0.4) is 0 Å². The first-order valence-electron chi connectivity index (χ1n) is 16.1. The van der Waals surface area contributed by atoms with Gasteiger partial charge in [0.15, 0.2) is 6.79 Å². The number of hydrogen-bond donors (Lipinski definition) is 1. The molecular formula is C37H62NO2P. The van der Waals surface area contributed by atoms with E-state index in [1.165, 1.54) is 46.0 Å². The fourth-order valence-electron chi connectivity index (χ4n) is 5.98. The Bertz CT molecular complexity index is 1100. The van der Waals surface area contributed by atoms with Crippen LogP contribution in [0.1, 0.15) is 136 Å². The van der Waals surface area contributed by atoms with E-state index in [0.29, 0.717) is 20.5 Å². The first-order chi connectivity index (χ1) is 19.2. The lowest BCUT2D eigenvalue weighted by Crippen LogP contribution is -2.32. The van der Waals surface area contributed by atoms with Gasteiger partial charge in [0.1, 0.15) is 5.75 Å². The number of hydrogen-bond acceptors (Lipinski definition) is 3. The number of benzene rings is 2. The van der Waals surface area contributed by atoms with Gasteiger partial charge in [0, 0.05) is 36.0 Å². The fraction of sp³-hybridized carbons (Fsp3) is 0.676. The van der Waals surface area contributed by atoms with Gasteiger partial charge in [0.25, 0.3) is 0 Å². The molecule has 0 saturated heterocycles. The second kappa shape index (κ2) is 15.4. The molecule has 0 amide bonds. The molecule has 0 aliphatic carbocycles. The molecule has 0 bridgehead atoms. The van der Waals surface area contributed by atoms with Crippen LogP contribution in [-0.4, -0.2) is 19.9 Å². The Balaban J connectivity index is 2.97. The highest BCUT2D eigenvalue weighted by Gasteiger charge is 2.40. The summed E-state index contributed by atoms with van der Waals surface area (Å²) in [6.07, 6.45) is 5.68. The highest BCUT2D eigenvalue weighted by molar-refractivity contribution is 7.48. The van der Waals surface area contributed by atoms with Gasteiger partial charge >= 0.3 is 0 Å². The summed E-state index contributed by atoms with van der Waals surface area (Å²) >= 11 is 0. The molecule has 0 spiro atoms. The van der Waals surface area contributed by atoms with Gasteiger partial charge < -0.3 is 14.8 Å². The van der Waals surface area contributed by atoms with Crippen LogP contribution in [0.4, 0.5) is 0 Å². The lowest BCUT2D eigenvalue weighted by molar-refractivity contribution is 0.0479. The van der Waals surface area contributed by atoms with Gasteiger partial charge in [-0.3, -0.25) is 0 Å². The minimum absolute atomic E-state index is 0.0250. The first-order valence-corrected chi connectivity index (χ1v) is 17.1. The van der Waals surface area contributed by atoms with E-state index in [1.54, 1.807) is 7.11 Å². The number of methoxy groups -OCH3 is 1. The Labute approximate surface area is 255 Å². The Kier molecular flexibility index (Phi) is 13.4. The molecule has 3 unspecified atom stereocenters. The summed E-state index contributed by atoms with van der Waals surface area (Å²) in [5.41, 5.74) is 6.91. The summed E-state index contributed by atoms with van der Waals surface area (Å²) in [4.78, 5) is 0. The van der Waals surface area contributed by atoms with Gasteiger partial charge in [0.2, 0.25) is 0 Å². The second-order valence-corrected chi connectivity index (χ2v) is 15.8. The zero-order valence-corrected chi connectivity index (χ0v) is 29.8. The van der Waals surface area contributed by atoms with E-state index in [0.717, 1.165) is 31.6 Å². The standard InChI is InChI=1S/C37H62NO2P/c1-14-18-28(7)36(11,12)31-22-30(35(8,9)10)23-32(33(31)40-25-39-13)37(16-3,21-15-2)41-34-27(6)19-17-20-29(34)24-38-26(4)5/h17,19-20,22-23,26,28,38,41H,14-16,18,21,24-25H2,1-13H3. The van der Waals surface area contributed by atoms with Gasteiger partial charge in [-0.1, -0.05) is 134 Å². The van der Waals surface area contributed by atoms with Gasteiger partial charge in [-0.05, 0) is 58.5 Å². The Hall–Kier alpha value is -1.41. The van der Waals surface area contributed by atoms with Crippen molar-refractivity contribution in [3.8, 4) is 5.75 Å². The molecule has 2 aromatic rings. The van der Waals surface area contributed by atoms with E-state index in [2.05, 4.69) is 119 Å². The Morgan fingerprint density at radius 2 is 1.59 bits per heavy atom. The first kappa shape index (κ1) is 35.8. The predicted molar refractivity (Wildman–Crippen MR) is 183 cm³/mol. The highest BCUT2D eigenvalue weighted by atomic mass is 31.1. The van der Waals surface area contributed by atoms with Crippen LogP contribution >= 0.6 is 8.58 Å². The maximum absolute atomic E-state index is 6.70. The van der Waals surface area contributed by atoms with Crippen LogP contribution < -0.4 is 15.4 Å². The second-order valence-electron chi connectivity index (χ2n) is 14.1. The molecule has 0 aromatic heterocycles. The van der Waals surface area contributed by atoms with E-state index in [9.17, 15) is 0 Å². The van der Waals surface area contributed by atoms with Gasteiger partial charge in [0.05, 0.1) is 0 Å². The smallest absolute Gasteiger partial charge is 0.188 e. The normalized spacial score (nSPS) is 15.1. The molecule has 0 heterocycles. The van der Waals surface area contributed by atoms with Crippen molar-refractivity contribution in [2.24, 2.45) is 5.92 Å². The Morgan fingerprint density at radius 1 is 0.927 bits per heavy atom. The van der Waals surface area contributed by atoms with Crippen molar-refractivity contribution in [2.75, 3.05) is 13.9 Å². The van der Waals surface area contributed by atoms with Crippen molar-refractivity contribution in [1.82, 2.24) is 5.32 Å². The average Bonchev–Trinajstić information content (AvgIpc) is 2.90. The molecule has 3 atom stereocenters. The molecule has 0 aliphatic heterocycles. The topological polar surface area (TPSA) is 30.5 Å². The summed E-state index contributed by atoms with van der Waals surface area (Å²) in [5, 5.41) is 5.17. The van der Waals surface area contributed by atoms with Crippen molar-refractivity contribution in [2.45, 2.75) is 144 Å². The van der Waals surface area contributed by atoms with E-state index in [-0.39, 0.29) is 22.8 Å². The van der Waals surface area contributed by atoms with Gasteiger partial charge in [-0.25, -0.2) is 0 Å². The van der Waals surface area contributed by atoms with Crippen LogP contribution in [0, 0.1) is 12.8 Å². The number of rotatable bonds is 16. The quantitative estimate of drug-likeness (QED) is 0.158.